The lowest BCUT2D eigenvalue weighted by Crippen LogP contribution is -2.44. The Morgan fingerprint density at radius 1 is 1.03 bits per heavy atom. The van der Waals surface area contributed by atoms with Gasteiger partial charge in [0, 0.05) is 19.0 Å². The predicted octanol–water partition coefficient (Wildman–Crippen LogP) is 2.82. The van der Waals surface area contributed by atoms with Gasteiger partial charge in [0.25, 0.3) is 0 Å². The molecule has 0 unspecified atom stereocenters. The number of benzene rings is 2. The molecular weight excluding hydrogens is 416 g/mol. The first-order valence-corrected chi connectivity index (χ1v) is 12.1. The van der Waals surface area contributed by atoms with Gasteiger partial charge in [-0.25, -0.2) is 13.0 Å². The van der Waals surface area contributed by atoms with Crippen molar-refractivity contribution < 1.29 is 17.8 Å². The maximum atomic E-state index is 13.1. The number of carbonyl (C=O) groups excluding carboxylic acids is 1. The largest absolute Gasteiger partial charge is 0.349 e. The van der Waals surface area contributed by atoms with Crippen LogP contribution in [-0.2, 0) is 21.2 Å². The van der Waals surface area contributed by atoms with Gasteiger partial charge < -0.3 is 5.32 Å². The minimum Gasteiger partial charge on any atom is -0.349 e. The second-order valence-electron chi connectivity index (χ2n) is 8.22. The number of hydrogen-bond acceptors (Lipinski definition) is 6. The smallest absolute Gasteiger partial charge is 0.245 e. The molecule has 162 valence electrons. The van der Waals surface area contributed by atoms with E-state index in [4.69, 9.17) is 4.63 Å². The molecule has 2 aliphatic rings. The summed E-state index contributed by atoms with van der Waals surface area (Å²) in [5, 5.41) is 10.7. The molecule has 0 saturated carbocycles. The molecule has 0 radical (unpaired) electrons. The second kappa shape index (κ2) is 8.05. The number of nitrogens with one attached hydrogen (secondary N) is 1. The Kier molecular flexibility index (Phi) is 5.23. The van der Waals surface area contributed by atoms with Crippen LogP contribution in [0.5, 0.6) is 0 Å². The fourth-order valence-electron chi connectivity index (χ4n) is 4.68. The van der Waals surface area contributed by atoms with E-state index in [9.17, 15) is 13.2 Å². The van der Waals surface area contributed by atoms with E-state index in [1.165, 1.54) is 21.5 Å². The standard InChI is InChI=1S/C22H24N4O4S/c27-22(23-18-8-3-6-15-5-1-2-7-17(15)18)16-11-13-26(14-12-16)31(28,29)20-10-4-9-19-21(20)25-30-24-19/h1-2,4-5,7,9-10,16,18H,3,6,8,11-14H2,(H,23,27)/t18-/m1/s1. The molecule has 1 atom stereocenters. The highest BCUT2D eigenvalue weighted by molar-refractivity contribution is 7.89. The van der Waals surface area contributed by atoms with Crippen molar-refractivity contribution in [1.82, 2.24) is 19.9 Å². The summed E-state index contributed by atoms with van der Waals surface area (Å²) in [6.07, 6.45) is 4.03. The highest BCUT2D eigenvalue weighted by atomic mass is 32.2. The van der Waals surface area contributed by atoms with Crippen LogP contribution in [0.15, 0.2) is 52.0 Å². The monoisotopic (exact) mass is 440 g/mol. The molecule has 1 aliphatic carbocycles. The van der Waals surface area contributed by atoms with Crippen LogP contribution < -0.4 is 5.32 Å². The van der Waals surface area contributed by atoms with Gasteiger partial charge in [0.15, 0.2) is 5.52 Å². The van der Waals surface area contributed by atoms with E-state index in [0.717, 1.165) is 19.3 Å². The highest BCUT2D eigenvalue weighted by Gasteiger charge is 2.34. The Labute approximate surface area is 180 Å². The summed E-state index contributed by atoms with van der Waals surface area (Å²) in [6, 6.07) is 13.1. The zero-order valence-electron chi connectivity index (χ0n) is 17.0. The van der Waals surface area contributed by atoms with Gasteiger partial charge in [-0.1, -0.05) is 30.3 Å². The minimum atomic E-state index is -3.74. The number of aryl methyl sites for hydroxylation is 1. The van der Waals surface area contributed by atoms with E-state index in [1.807, 2.05) is 12.1 Å². The molecule has 9 heteroatoms. The Morgan fingerprint density at radius 2 is 1.84 bits per heavy atom. The second-order valence-corrected chi connectivity index (χ2v) is 10.1. The van der Waals surface area contributed by atoms with Crippen molar-refractivity contribution in [2.24, 2.45) is 5.92 Å². The molecule has 2 heterocycles. The first-order valence-electron chi connectivity index (χ1n) is 10.6. The number of carbonyl (C=O) groups is 1. The third-order valence-corrected chi connectivity index (χ3v) is 8.31. The molecule has 3 aromatic rings. The first kappa shape index (κ1) is 20.1. The van der Waals surface area contributed by atoms with Gasteiger partial charge in [-0.05, 0) is 65.7 Å². The number of piperidine rings is 1. The van der Waals surface area contributed by atoms with Crippen molar-refractivity contribution in [2.45, 2.75) is 43.0 Å². The molecule has 0 spiro atoms. The van der Waals surface area contributed by atoms with Gasteiger partial charge >= 0.3 is 0 Å². The third kappa shape index (κ3) is 3.72. The van der Waals surface area contributed by atoms with Gasteiger partial charge in [0.05, 0.1) is 6.04 Å². The summed E-state index contributed by atoms with van der Waals surface area (Å²) in [6.45, 7) is 0.590. The lowest BCUT2D eigenvalue weighted by atomic mass is 9.87. The van der Waals surface area contributed by atoms with E-state index in [-0.39, 0.29) is 28.3 Å². The summed E-state index contributed by atoms with van der Waals surface area (Å²) in [7, 11) is -3.74. The number of rotatable bonds is 4. The Morgan fingerprint density at radius 3 is 2.68 bits per heavy atom. The van der Waals surface area contributed by atoms with Crippen LogP contribution in [0.4, 0.5) is 0 Å². The van der Waals surface area contributed by atoms with E-state index in [0.29, 0.717) is 31.4 Å². The van der Waals surface area contributed by atoms with Crippen LogP contribution in [0, 0.1) is 5.92 Å². The number of amides is 1. The van der Waals surface area contributed by atoms with Gasteiger partial charge in [0.2, 0.25) is 15.9 Å². The van der Waals surface area contributed by atoms with Crippen LogP contribution >= 0.6 is 0 Å². The van der Waals surface area contributed by atoms with E-state index in [1.54, 1.807) is 12.1 Å². The minimum absolute atomic E-state index is 0.0153. The molecule has 1 amide bonds. The van der Waals surface area contributed by atoms with Gasteiger partial charge in [-0.15, -0.1) is 0 Å². The first-order chi connectivity index (χ1) is 15.0. The predicted molar refractivity (Wildman–Crippen MR) is 114 cm³/mol. The Bertz CT molecular complexity index is 1210. The van der Waals surface area contributed by atoms with Gasteiger partial charge in [0.1, 0.15) is 10.4 Å². The molecule has 1 saturated heterocycles. The number of hydrogen-bond donors (Lipinski definition) is 1. The van der Waals surface area contributed by atoms with Crippen molar-refractivity contribution >= 4 is 27.0 Å². The molecule has 5 rings (SSSR count). The van der Waals surface area contributed by atoms with Gasteiger partial charge in [-0.2, -0.15) is 4.31 Å². The van der Waals surface area contributed by atoms with E-state index in [2.05, 4.69) is 27.8 Å². The lowest BCUT2D eigenvalue weighted by Gasteiger charge is -2.32. The average Bonchev–Trinajstić information content (AvgIpc) is 3.28. The van der Waals surface area contributed by atoms with Crippen LogP contribution in [0.3, 0.4) is 0 Å². The Hall–Kier alpha value is -2.78. The van der Waals surface area contributed by atoms with Crippen molar-refractivity contribution in [1.29, 1.82) is 0 Å². The maximum Gasteiger partial charge on any atom is 0.245 e. The van der Waals surface area contributed by atoms with E-state index < -0.39 is 10.0 Å². The number of nitrogens with zero attached hydrogens (tertiary/aromatic N) is 3. The molecule has 0 bridgehead atoms. The SMILES string of the molecule is O=C(N[C@@H]1CCCc2ccccc21)C1CCN(S(=O)(=O)c2cccc3nonc23)CC1. The fraction of sp³-hybridized carbons (Fsp3) is 0.409. The number of aromatic nitrogens is 2. The van der Waals surface area contributed by atoms with Crippen LogP contribution in [0.2, 0.25) is 0 Å². The zero-order chi connectivity index (χ0) is 21.4. The molecule has 2 aromatic carbocycles. The molecule has 31 heavy (non-hydrogen) atoms. The van der Waals surface area contributed by atoms with Gasteiger partial charge in [-0.3, -0.25) is 4.79 Å². The summed E-state index contributed by atoms with van der Waals surface area (Å²) in [4.78, 5) is 13.0. The number of fused-ring (bicyclic) bond motifs is 2. The molecule has 1 aromatic heterocycles. The van der Waals surface area contributed by atoms with Crippen molar-refractivity contribution in [3.63, 3.8) is 0 Å². The summed E-state index contributed by atoms with van der Waals surface area (Å²) >= 11 is 0. The quantitative estimate of drug-likeness (QED) is 0.669. The van der Waals surface area contributed by atoms with Crippen molar-refractivity contribution in [2.75, 3.05) is 13.1 Å². The highest BCUT2D eigenvalue weighted by Crippen LogP contribution is 2.31. The van der Waals surface area contributed by atoms with Crippen molar-refractivity contribution in [3.05, 3.63) is 53.6 Å². The number of sulfonamides is 1. The normalized spacial score (nSPS) is 20.5. The third-order valence-electron chi connectivity index (χ3n) is 6.38. The molecular formula is C22H24N4O4S. The summed E-state index contributed by atoms with van der Waals surface area (Å²) in [5.74, 6) is -0.174. The summed E-state index contributed by atoms with van der Waals surface area (Å²) in [5.41, 5.74) is 3.15. The fourth-order valence-corrected chi connectivity index (χ4v) is 6.29. The topological polar surface area (TPSA) is 105 Å². The maximum absolute atomic E-state index is 13.1. The van der Waals surface area contributed by atoms with Crippen LogP contribution in [-0.4, -0.2) is 42.0 Å². The molecule has 1 N–H and O–H groups in total. The van der Waals surface area contributed by atoms with Crippen LogP contribution in [0.1, 0.15) is 42.9 Å². The molecule has 8 nitrogen and oxygen atoms in total. The zero-order valence-corrected chi connectivity index (χ0v) is 17.8. The summed E-state index contributed by atoms with van der Waals surface area (Å²) < 4.78 is 32.4. The van der Waals surface area contributed by atoms with Crippen molar-refractivity contribution in [3.8, 4) is 0 Å². The van der Waals surface area contributed by atoms with Crippen LogP contribution in [0.25, 0.3) is 11.0 Å². The molecule has 1 fully saturated rings. The lowest BCUT2D eigenvalue weighted by molar-refractivity contribution is -0.127. The van der Waals surface area contributed by atoms with E-state index >= 15 is 0 Å². The Balaban J connectivity index is 1.25. The average molecular weight is 441 g/mol. The molecule has 1 aliphatic heterocycles.